The highest BCUT2D eigenvalue weighted by molar-refractivity contribution is 5.94. The van der Waals surface area contributed by atoms with E-state index in [0.717, 1.165) is 51.1 Å². The number of nitrogens with one attached hydrogen (secondary N) is 2. The molecule has 1 aromatic rings. The van der Waals surface area contributed by atoms with Gasteiger partial charge in [0.25, 0.3) is 5.91 Å². The van der Waals surface area contributed by atoms with Crippen LogP contribution < -0.4 is 10.6 Å². The molecule has 1 unspecified atom stereocenters. The van der Waals surface area contributed by atoms with Crippen LogP contribution >= 0.6 is 0 Å². The second kappa shape index (κ2) is 7.45. The van der Waals surface area contributed by atoms with E-state index in [2.05, 4.69) is 22.8 Å². The van der Waals surface area contributed by atoms with Gasteiger partial charge in [-0.2, -0.15) is 0 Å². The molecule has 0 aromatic heterocycles. The minimum atomic E-state index is 0.0405. The van der Waals surface area contributed by atoms with E-state index in [4.69, 9.17) is 4.74 Å². The number of carbonyl (C=O) groups excluding carboxylic acids is 1. The molecule has 1 saturated heterocycles. The minimum absolute atomic E-state index is 0.0405. The van der Waals surface area contributed by atoms with Crippen LogP contribution in [-0.4, -0.2) is 39.3 Å². The molecule has 3 rings (SSSR count). The Labute approximate surface area is 139 Å². The third kappa shape index (κ3) is 4.12. The van der Waals surface area contributed by atoms with Crippen molar-refractivity contribution in [1.29, 1.82) is 0 Å². The van der Waals surface area contributed by atoms with Crippen LogP contribution in [0.5, 0.6) is 0 Å². The first kappa shape index (κ1) is 16.5. The summed E-state index contributed by atoms with van der Waals surface area (Å²) in [5.74, 6) is 0.743. The number of ether oxygens (including phenoxy) is 1. The molecule has 0 spiro atoms. The number of amides is 1. The molecule has 0 bridgehead atoms. The summed E-state index contributed by atoms with van der Waals surface area (Å²) in [7, 11) is 1.74. The highest BCUT2D eigenvalue weighted by atomic mass is 16.5. The van der Waals surface area contributed by atoms with Gasteiger partial charge in [0, 0.05) is 24.6 Å². The smallest absolute Gasteiger partial charge is 0.251 e. The minimum Gasteiger partial charge on any atom is -0.384 e. The molecule has 2 N–H and O–H groups in total. The second-order valence-electron chi connectivity index (χ2n) is 7.23. The fourth-order valence-electron chi connectivity index (χ4n) is 3.79. The van der Waals surface area contributed by atoms with Crippen molar-refractivity contribution in [3.8, 4) is 0 Å². The summed E-state index contributed by atoms with van der Waals surface area (Å²) in [5.41, 5.74) is 2.21. The molecule has 23 heavy (non-hydrogen) atoms. The van der Waals surface area contributed by atoms with Crippen molar-refractivity contribution in [3.05, 3.63) is 35.4 Å². The Morgan fingerprint density at radius 2 is 2.30 bits per heavy atom. The van der Waals surface area contributed by atoms with E-state index < -0.39 is 0 Å². The number of rotatable bonds is 7. The standard InChI is InChI=1S/C19H28N2O2/c1-23-14-19(7-3-8-19)13-21-18(22)17-5-2-4-15(11-17)10-16-6-9-20-12-16/h2,4-5,11,16,20H,3,6-10,12-14H2,1H3,(H,21,22). The lowest BCUT2D eigenvalue weighted by Crippen LogP contribution is -2.45. The summed E-state index contributed by atoms with van der Waals surface area (Å²) in [6.07, 6.45) is 5.83. The van der Waals surface area contributed by atoms with Crippen molar-refractivity contribution in [3.63, 3.8) is 0 Å². The van der Waals surface area contributed by atoms with E-state index in [1.165, 1.54) is 18.4 Å². The first-order valence-corrected chi connectivity index (χ1v) is 8.78. The Morgan fingerprint density at radius 3 is 2.96 bits per heavy atom. The highest BCUT2D eigenvalue weighted by Crippen LogP contribution is 2.40. The predicted octanol–water partition coefficient (Wildman–Crippen LogP) is 2.39. The number of hydrogen-bond donors (Lipinski definition) is 2. The molecule has 1 aliphatic heterocycles. The van der Waals surface area contributed by atoms with Crippen LogP contribution in [0, 0.1) is 11.3 Å². The summed E-state index contributed by atoms with van der Waals surface area (Å²) in [6, 6.07) is 8.10. The maximum Gasteiger partial charge on any atom is 0.251 e. The van der Waals surface area contributed by atoms with E-state index in [-0.39, 0.29) is 11.3 Å². The molecule has 2 fully saturated rings. The van der Waals surface area contributed by atoms with Gasteiger partial charge in [0.15, 0.2) is 0 Å². The molecule has 1 amide bonds. The Bertz CT molecular complexity index is 534. The Hall–Kier alpha value is -1.39. The zero-order valence-corrected chi connectivity index (χ0v) is 14.1. The van der Waals surface area contributed by atoms with Crippen LogP contribution in [0.2, 0.25) is 0 Å². The number of methoxy groups -OCH3 is 1. The van der Waals surface area contributed by atoms with Crippen molar-refractivity contribution in [2.45, 2.75) is 32.1 Å². The van der Waals surface area contributed by atoms with Crippen molar-refractivity contribution in [2.24, 2.45) is 11.3 Å². The van der Waals surface area contributed by atoms with E-state index >= 15 is 0 Å². The van der Waals surface area contributed by atoms with E-state index in [1.807, 2.05) is 12.1 Å². The number of hydrogen-bond acceptors (Lipinski definition) is 3. The fourth-order valence-corrected chi connectivity index (χ4v) is 3.79. The van der Waals surface area contributed by atoms with Gasteiger partial charge in [-0.25, -0.2) is 0 Å². The highest BCUT2D eigenvalue weighted by Gasteiger charge is 2.37. The largest absolute Gasteiger partial charge is 0.384 e. The van der Waals surface area contributed by atoms with Gasteiger partial charge in [-0.15, -0.1) is 0 Å². The summed E-state index contributed by atoms with van der Waals surface area (Å²) in [4.78, 5) is 12.5. The SMILES string of the molecule is COCC1(CNC(=O)c2cccc(CC3CCNC3)c2)CCC1. The topological polar surface area (TPSA) is 50.4 Å². The van der Waals surface area contributed by atoms with E-state index in [0.29, 0.717) is 5.92 Å². The normalized spacial score (nSPS) is 22.6. The predicted molar refractivity (Wildman–Crippen MR) is 91.6 cm³/mol. The average Bonchev–Trinajstić information content (AvgIpc) is 3.02. The first-order valence-electron chi connectivity index (χ1n) is 8.78. The maximum atomic E-state index is 12.5. The van der Waals surface area contributed by atoms with Crippen molar-refractivity contribution >= 4 is 5.91 Å². The van der Waals surface area contributed by atoms with Gasteiger partial charge in [-0.05, 0) is 62.4 Å². The molecule has 1 aromatic carbocycles. The van der Waals surface area contributed by atoms with Crippen molar-refractivity contribution in [2.75, 3.05) is 33.4 Å². The molecule has 1 aliphatic carbocycles. The second-order valence-corrected chi connectivity index (χ2v) is 7.23. The Kier molecular flexibility index (Phi) is 5.34. The van der Waals surface area contributed by atoms with Crippen LogP contribution in [0.4, 0.5) is 0 Å². The van der Waals surface area contributed by atoms with Gasteiger partial charge in [-0.1, -0.05) is 18.6 Å². The fraction of sp³-hybridized carbons (Fsp3) is 0.632. The molecule has 0 radical (unpaired) electrons. The number of benzene rings is 1. The lowest BCUT2D eigenvalue weighted by molar-refractivity contribution is 0.0180. The monoisotopic (exact) mass is 316 g/mol. The molecule has 1 atom stereocenters. The van der Waals surface area contributed by atoms with E-state index in [1.54, 1.807) is 7.11 Å². The third-order valence-corrected chi connectivity index (χ3v) is 5.36. The molecule has 1 saturated carbocycles. The van der Waals surface area contributed by atoms with Crippen LogP contribution in [0.1, 0.15) is 41.6 Å². The lowest BCUT2D eigenvalue weighted by atomic mass is 9.69. The Balaban J connectivity index is 1.56. The van der Waals surface area contributed by atoms with Gasteiger partial charge < -0.3 is 15.4 Å². The zero-order chi connectivity index (χ0) is 16.1. The summed E-state index contributed by atoms with van der Waals surface area (Å²) < 4.78 is 5.32. The number of carbonyl (C=O) groups is 1. The van der Waals surface area contributed by atoms with Gasteiger partial charge in [0.05, 0.1) is 6.61 Å². The molecule has 4 heteroatoms. The molecule has 4 nitrogen and oxygen atoms in total. The molecule has 2 aliphatic rings. The summed E-state index contributed by atoms with van der Waals surface area (Å²) >= 11 is 0. The quantitative estimate of drug-likeness (QED) is 0.812. The maximum absolute atomic E-state index is 12.5. The molecule has 126 valence electrons. The van der Waals surface area contributed by atoms with E-state index in [9.17, 15) is 4.79 Å². The van der Waals surface area contributed by atoms with Gasteiger partial charge in [-0.3, -0.25) is 4.79 Å². The Morgan fingerprint density at radius 1 is 1.43 bits per heavy atom. The summed E-state index contributed by atoms with van der Waals surface area (Å²) in [5, 5.41) is 6.52. The average molecular weight is 316 g/mol. The molecular weight excluding hydrogens is 288 g/mol. The molecule has 1 heterocycles. The molecular formula is C19H28N2O2. The van der Waals surface area contributed by atoms with Crippen molar-refractivity contribution in [1.82, 2.24) is 10.6 Å². The van der Waals surface area contributed by atoms with Crippen LogP contribution in [-0.2, 0) is 11.2 Å². The third-order valence-electron chi connectivity index (χ3n) is 5.36. The lowest BCUT2D eigenvalue weighted by Gasteiger charge is -2.41. The van der Waals surface area contributed by atoms with Crippen LogP contribution in [0.3, 0.4) is 0 Å². The first-order chi connectivity index (χ1) is 11.2. The van der Waals surface area contributed by atoms with Gasteiger partial charge >= 0.3 is 0 Å². The van der Waals surface area contributed by atoms with Gasteiger partial charge in [0.1, 0.15) is 0 Å². The van der Waals surface area contributed by atoms with Crippen LogP contribution in [0.15, 0.2) is 24.3 Å². The van der Waals surface area contributed by atoms with Crippen molar-refractivity contribution < 1.29 is 9.53 Å². The summed E-state index contributed by atoms with van der Waals surface area (Å²) in [6.45, 7) is 3.67. The van der Waals surface area contributed by atoms with Gasteiger partial charge in [0.2, 0.25) is 0 Å². The van der Waals surface area contributed by atoms with Crippen LogP contribution in [0.25, 0.3) is 0 Å². The zero-order valence-electron chi connectivity index (χ0n) is 14.1.